The number of nitrogens with zero attached hydrogens (tertiary/aromatic N) is 2. The fraction of sp³-hybridized carbons (Fsp3) is 0.412. The van der Waals surface area contributed by atoms with Crippen LogP contribution in [0.1, 0.15) is 36.6 Å². The van der Waals surface area contributed by atoms with E-state index in [-0.39, 0.29) is 0 Å². The molecule has 0 saturated heterocycles. The van der Waals surface area contributed by atoms with E-state index < -0.39 is 0 Å². The molecule has 1 aromatic carbocycles. The van der Waals surface area contributed by atoms with Crippen molar-refractivity contribution in [3.8, 4) is 0 Å². The zero-order chi connectivity index (χ0) is 15.2. The molecule has 0 radical (unpaired) electrons. The zero-order valence-corrected chi connectivity index (χ0v) is 14.4. The second kappa shape index (κ2) is 7.66. The van der Waals surface area contributed by atoms with Crippen molar-refractivity contribution < 1.29 is 0 Å². The number of rotatable bonds is 6. The van der Waals surface area contributed by atoms with Gasteiger partial charge in [-0.15, -0.1) is 0 Å². The lowest BCUT2D eigenvalue weighted by Gasteiger charge is -2.09. The molecule has 2 rings (SSSR count). The summed E-state index contributed by atoms with van der Waals surface area (Å²) in [7, 11) is 0. The number of aromatic nitrogens is 2. The summed E-state index contributed by atoms with van der Waals surface area (Å²) >= 11 is 3.50. The molecule has 0 unspecified atom stereocenters. The van der Waals surface area contributed by atoms with Gasteiger partial charge in [0.2, 0.25) is 0 Å². The van der Waals surface area contributed by atoms with Gasteiger partial charge in [0, 0.05) is 23.1 Å². The highest BCUT2D eigenvalue weighted by Crippen LogP contribution is 2.14. The lowest BCUT2D eigenvalue weighted by molar-refractivity contribution is 0.547. The Hall–Kier alpha value is -1.26. The van der Waals surface area contributed by atoms with Gasteiger partial charge in [-0.2, -0.15) is 0 Å². The molecule has 1 aromatic heterocycles. The SMILES string of the molecule is Cc1cc(CNCC(C)C)nc(Cc2cccc(Br)c2)n1. The topological polar surface area (TPSA) is 37.8 Å². The van der Waals surface area contributed by atoms with Crippen molar-refractivity contribution in [2.24, 2.45) is 5.92 Å². The lowest BCUT2D eigenvalue weighted by atomic mass is 10.1. The van der Waals surface area contributed by atoms with Crippen molar-refractivity contribution in [3.05, 3.63) is 57.6 Å². The normalized spacial score (nSPS) is 11.1. The summed E-state index contributed by atoms with van der Waals surface area (Å²) in [5, 5.41) is 3.43. The molecule has 2 aromatic rings. The molecular formula is C17H22BrN3. The lowest BCUT2D eigenvalue weighted by Crippen LogP contribution is -2.20. The second-order valence-electron chi connectivity index (χ2n) is 5.75. The van der Waals surface area contributed by atoms with Crippen LogP contribution in [0.5, 0.6) is 0 Å². The van der Waals surface area contributed by atoms with Gasteiger partial charge in [0.1, 0.15) is 5.82 Å². The summed E-state index contributed by atoms with van der Waals surface area (Å²) in [4.78, 5) is 9.21. The van der Waals surface area contributed by atoms with Gasteiger partial charge in [-0.05, 0) is 43.1 Å². The van der Waals surface area contributed by atoms with Crippen LogP contribution in [0.3, 0.4) is 0 Å². The summed E-state index contributed by atoms with van der Waals surface area (Å²) in [5.74, 6) is 1.53. The summed E-state index contributed by atoms with van der Waals surface area (Å²) in [5.41, 5.74) is 3.31. The first-order valence-corrected chi connectivity index (χ1v) is 8.11. The molecule has 0 aliphatic carbocycles. The van der Waals surface area contributed by atoms with Gasteiger partial charge in [0.05, 0.1) is 5.69 Å². The number of hydrogen-bond donors (Lipinski definition) is 1. The standard InChI is InChI=1S/C17H22BrN3/c1-12(2)10-19-11-16-7-13(3)20-17(21-16)9-14-5-4-6-15(18)8-14/h4-8,12,19H,9-11H2,1-3H3. The molecule has 0 aliphatic heterocycles. The highest BCUT2D eigenvalue weighted by molar-refractivity contribution is 9.10. The minimum absolute atomic E-state index is 0.647. The van der Waals surface area contributed by atoms with E-state index in [0.717, 1.165) is 41.2 Å². The molecule has 0 amide bonds. The Bertz CT molecular complexity index is 596. The number of hydrogen-bond acceptors (Lipinski definition) is 3. The van der Waals surface area contributed by atoms with Crippen LogP contribution in [0, 0.1) is 12.8 Å². The second-order valence-corrected chi connectivity index (χ2v) is 6.66. The molecule has 0 saturated carbocycles. The monoisotopic (exact) mass is 347 g/mol. The van der Waals surface area contributed by atoms with E-state index in [1.165, 1.54) is 5.56 Å². The smallest absolute Gasteiger partial charge is 0.133 e. The average Bonchev–Trinajstić information content (AvgIpc) is 2.37. The van der Waals surface area contributed by atoms with E-state index in [2.05, 4.69) is 63.3 Å². The number of benzene rings is 1. The van der Waals surface area contributed by atoms with E-state index >= 15 is 0 Å². The van der Waals surface area contributed by atoms with E-state index in [1.807, 2.05) is 19.1 Å². The molecule has 0 atom stereocenters. The first-order chi connectivity index (χ1) is 10.0. The summed E-state index contributed by atoms with van der Waals surface area (Å²) < 4.78 is 1.09. The minimum atomic E-state index is 0.647. The van der Waals surface area contributed by atoms with Crippen LogP contribution in [-0.2, 0) is 13.0 Å². The minimum Gasteiger partial charge on any atom is -0.311 e. The van der Waals surface area contributed by atoms with Gasteiger partial charge in [0.15, 0.2) is 0 Å². The van der Waals surface area contributed by atoms with Gasteiger partial charge < -0.3 is 5.32 Å². The van der Waals surface area contributed by atoms with Crippen LogP contribution in [-0.4, -0.2) is 16.5 Å². The van der Waals surface area contributed by atoms with Gasteiger partial charge in [0.25, 0.3) is 0 Å². The maximum atomic E-state index is 4.67. The third kappa shape index (κ3) is 5.56. The van der Waals surface area contributed by atoms with Crippen LogP contribution < -0.4 is 5.32 Å². The fourth-order valence-electron chi connectivity index (χ4n) is 2.19. The van der Waals surface area contributed by atoms with Crippen molar-refractivity contribution in [2.75, 3.05) is 6.54 Å². The fourth-order valence-corrected chi connectivity index (χ4v) is 2.63. The van der Waals surface area contributed by atoms with E-state index in [1.54, 1.807) is 0 Å². The van der Waals surface area contributed by atoms with Gasteiger partial charge in [-0.3, -0.25) is 0 Å². The Morgan fingerprint density at radius 3 is 2.71 bits per heavy atom. The van der Waals surface area contributed by atoms with Gasteiger partial charge in [-0.25, -0.2) is 9.97 Å². The average molecular weight is 348 g/mol. The number of aryl methyl sites for hydroxylation is 1. The van der Waals surface area contributed by atoms with E-state index in [9.17, 15) is 0 Å². The Balaban J connectivity index is 2.07. The largest absolute Gasteiger partial charge is 0.311 e. The molecule has 112 valence electrons. The maximum Gasteiger partial charge on any atom is 0.133 e. The molecule has 1 N–H and O–H groups in total. The van der Waals surface area contributed by atoms with Crippen LogP contribution in [0.4, 0.5) is 0 Å². The van der Waals surface area contributed by atoms with E-state index in [4.69, 9.17) is 0 Å². The maximum absolute atomic E-state index is 4.67. The first kappa shape index (κ1) is 16.1. The molecule has 0 bridgehead atoms. The van der Waals surface area contributed by atoms with Crippen molar-refractivity contribution in [2.45, 2.75) is 33.7 Å². The van der Waals surface area contributed by atoms with Crippen LogP contribution in [0.25, 0.3) is 0 Å². The third-order valence-corrected chi connectivity index (χ3v) is 3.56. The Kier molecular flexibility index (Phi) is 5.88. The molecule has 1 heterocycles. The van der Waals surface area contributed by atoms with Crippen molar-refractivity contribution in [3.63, 3.8) is 0 Å². The number of nitrogens with one attached hydrogen (secondary N) is 1. The first-order valence-electron chi connectivity index (χ1n) is 7.31. The molecule has 0 spiro atoms. The molecular weight excluding hydrogens is 326 g/mol. The molecule has 21 heavy (non-hydrogen) atoms. The van der Waals surface area contributed by atoms with E-state index in [0.29, 0.717) is 5.92 Å². The summed E-state index contributed by atoms with van der Waals surface area (Å²) in [6.07, 6.45) is 0.762. The molecule has 4 heteroatoms. The van der Waals surface area contributed by atoms with Crippen LogP contribution in [0.15, 0.2) is 34.8 Å². The van der Waals surface area contributed by atoms with Crippen LogP contribution >= 0.6 is 15.9 Å². The molecule has 0 aliphatic rings. The zero-order valence-electron chi connectivity index (χ0n) is 12.9. The third-order valence-electron chi connectivity index (χ3n) is 3.06. The predicted molar refractivity (Wildman–Crippen MR) is 90.3 cm³/mol. The van der Waals surface area contributed by atoms with Gasteiger partial charge >= 0.3 is 0 Å². The highest BCUT2D eigenvalue weighted by Gasteiger charge is 2.05. The Morgan fingerprint density at radius 1 is 1.19 bits per heavy atom. The number of halogens is 1. The molecule has 0 fully saturated rings. The Morgan fingerprint density at radius 2 is 2.00 bits per heavy atom. The summed E-state index contributed by atoms with van der Waals surface area (Å²) in [6, 6.07) is 10.3. The predicted octanol–water partition coefficient (Wildman–Crippen LogP) is 3.88. The Labute approximate surface area is 135 Å². The molecule has 3 nitrogen and oxygen atoms in total. The highest BCUT2D eigenvalue weighted by atomic mass is 79.9. The summed E-state index contributed by atoms with van der Waals surface area (Å²) in [6.45, 7) is 8.24. The quantitative estimate of drug-likeness (QED) is 0.861. The van der Waals surface area contributed by atoms with Gasteiger partial charge in [-0.1, -0.05) is 41.9 Å². The van der Waals surface area contributed by atoms with Crippen molar-refractivity contribution in [1.29, 1.82) is 0 Å². The van der Waals surface area contributed by atoms with Crippen molar-refractivity contribution >= 4 is 15.9 Å². The van der Waals surface area contributed by atoms with Crippen LogP contribution in [0.2, 0.25) is 0 Å². The van der Waals surface area contributed by atoms with Crippen molar-refractivity contribution in [1.82, 2.24) is 15.3 Å².